The van der Waals surface area contributed by atoms with Crippen LogP contribution in [-0.4, -0.2) is 13.6 Å². The van der Waals surface area contributed by atoms with Crippen LogP contribution in [0.2, 0.25) is 0 Å². The van der Waals surface area contributed by atoms with Crippen LogP contribution >= 0.6 is 11.6 Å². The Morgan fingerprint density at radius 3 is 2.57 bits per heavy atom. The van der Waals surface area contributed by atoms with Crippen LogP contribution in [-0.2, 0) is 0 Å². The number of likely N-dealkylation sites (N-methyl/N-ethyl adjacent to an activating group) is 1. The van der Waals surface area contributed by atoms with Crippen molar-refractivity contribution < 1.29 is 0 Å². The van der Waals surface area contributed by atoms with E-state index >= 15 is 0 Å². The Bertz CT molecular complexity index is 349. The van der Waals surface area contributed by atoms with Crippen molar-refractivity contribution in [1.29, 1.82) is 5.26 Å². The lowest BCUT2D eigenvalue weighted by molar-refractivity contribution is 1.03. The van der Waals surface area contributed by atoms with Crippen LogP contribution in [0.3, 0.4) is 0 Å². The highest BCUT2D eigenvalue weighted by molar-refractivity contribution is 6.25. The molecule has 0 unspecified atom stereocenters. The standard InChI is InChI=1S/C11H11ClN2/c1-14(8-2-7-12)11-5-3-10(9-13)4-6-11/h2-7H,8H2,1H3. The van der Waals surface area contributed by atoms with Crippen molar-refractivity contribution in [3.8, 4) is 6.07 Å². The number of anilines is 1. The molecule has 0 heterocycles. The lowest BCUT2D eigenvalue weighted by Gasteiger charge is -2.16. The van der Waals surface area contributed by atoms with Crippen molar-refractivity contribution in [2.75, 3.05) is 18.5 Å². The lowest BCUT2D eigenvalue weighted by atomic mass is 10.2. The molecule has 0 spiro atoms. The molecule has 0 radical (unpaired) electrons. The van der Waals surface area contributed by atoms with Gasteiger partial charge in [-0.15, -0.1) is 0 Å². The summed E-state index contributed by atoms with van der Waals surface area (Å²) in [5, 5.41) is 8.62. The second-order valence-corrected chi connectivity index (χ2v) is 3.15. The van der Waals surface area contributed by atoms with E-state index in [-0.39, 0.29) is 0 Å². The number of nitrogens with zero attached hydrogens (tertiary/aromatic N) is 2. The molecule has 1 aromatic rings. The minimum Gasteiger partial charge on any atom is -0.371 e. The van der Waals surface area contributed by atoms with Gasteiger partial charge in [0, 0.05) is 24.8 Å². The molecule has 0 aliphatic rings. The maximum Gasteiger partial charge on any atom is 0.0991 e. The zero-order valence-electron chi connectivity index (χ0n) is 7.94. The van der Waals surface area contributed by atoms with Gasteiger partial charge in [0.2, 0.25) is 0 Å². The SMILES string of the molecule is CN(CC=CCl)c1ccc(C#N)cc1. The van der Waals surface area contributed by atoms with Gasteiger partial charge in [0.05, 0.1) is 11.6 Å². The van der Waals surface area contributed by atoms with E-state index in [1.807, 2.05) is 30.2 Å². The molecule has 0 atom stereocenters. The maximum atomic E-state index is 8.62. The van der Waals surface area contributed by atoms with E-state index in [4.69, 9.17) is 16.9 Å². The number of hydrogen-bond donors (Lipinski definition) is 0. The molecule has 72 valence electrons. The maximum absolute atomic E-state index is 8.62. The number of rotatable bonds is 3. The largest absolute Gasteiger partial charge is 0.371 e. The van der Waals surface area contributed by atoms with Crippen LogP contribution in [0.5, 0.6) is 0 Å². The molecule has 0 aliphatic carbocycles. The minimum absolute atomic E-state index is 0.676. The van der Waals surface area contributed by atoms with Gasteiger partial charge < -0.3 is 4.90 Å². The van der Waals surface area contributed by atoms with E-state index in [1.165, 1.54) is 5.54 Å². The molecule has 1 rings (SSSR count). The van der Waals surface area contributed by atoms with Gasteiger partial charge in [-0.1, -0.05) is 17.7 Å². The average Bonchev–Trinajstić information content (AvgIpc) is 2.26. The van der Waals surface area contributed by atoms with Gasteiger partial charge in [0.1, 0.15) is 0 Å². The van der Waals surface area contributed by atoms with Gasteiger partial charge in [0.25, 0.3) is 0 Å². The quantitative estimate of drug-likeness (QED) is 0.761. The number of benzene rings is 1. The Balaban J connectivity index is 2.72. The summed E-state index contributed by atoms with van der Waals surface area (Å²) in [4.78, 5) is 2.04. The molecule has 0 saturated heterocycles. The highest BCUT2D eigenvalue weighted by Crippen LogP contribution is 2.12. The van der Waals surface area contributed by atoms with E-state index in [0.717, 1.165) is 12.2 Å². The Morgan fingerprint density at radius 2 is 2.07 bits per heavy atom. The molecule has 0 saturated carbocycles. The summed E-state index contributed by atoms with van der Waals surface area (Å²) < 4.78 is 0. The molecule has 3 heteroatoms. The summed E-state index contributed by atoms with van der Waals surface area (Å²) in [5.41, 5.74) is 3.24. The molecular weight excluding hydrogens is 196 g/mol. The van der Waals surface area contributed by atoms with Crippen molar-refractivity contribution in [1.82, 2.24) is 0 Å². The first-order chi connectivity index (χ1) is 6.77. The fraction of sp³-hybridized carbons (Fsp3) is 0.182. The van der Waals surface area contributed by atoms with Gasteiger partial charge in [0.15, 0.2) is 0 Å². The summed E-state index contributed by atoms with van der Waals surface area (Å²) in [5.74, 6) is 0. The van der Waals surface area contributed by atoms with Crippen LogP contribution < -0.4 is 4.90 Å². The molecule has 1 aromatic carbocycles. The smallest absolute Gasteiger partial charge is 0.0991 e. The third kappa shape index (κ3) is 2.79. The van der Waals surface area contributed by atoms with Crippen molar-refractivity contribution in [3.63, 3.8) is 0 Å². The predicted octanol–water partition coefficient (Wildman–Crippen LogP) is 2.75. The molecule has 2 nitrogen and oxygen atoms in total. The Kier molecular flexibility index (Phi) is 4.03. The molecule has 0 aliphatic heterocycles. The first-order valence-corrected chi connectivity index (χ1v) is 4.68. The predicted molar refractivity (Wildman–Crippen MR) is 59.4 cm³/mol. The lowest BCUT2D eigenvalue weighted by Crippen LogP contribution is -2.16. The van der Waals surface area contributed by atoms with Crippen LogP contribution in [0, 0.1) is 11.3 Å². The molecule has 0 N–H and O–H groups in total. The zero-order valence-corrected chi connectivity index (χ0v) is 8.70. The molecule has 0 bridgehead atoms. The summed E-state index contributed by atoms with van der Waals surface area (Å²) in [6.07, 6.45) is 1.86. The topological polar surface area (TPSA) is 27.0 Å². The monoisotopic (exact) mass is 206 g/mol. The van der Waals surface area contributed by atoms with E-state index < -0.39 is 0 Å². The highest BCUT2D eigenvalue weighted by atomic mass is 35.5. The third-order valence-electron chi connectivity index (χ3n) is 1.91. The molecule has 0 aromatic heterocycles. The van der Waals surface area contributed by atoms with E-state index in [2.05, 4.69) is 6.07 Å². The zero-order chi connectivity index (χ0) is 10.4. The van der Waals surface area contributed by atoms with Gasteiger partial charge in [-0.2, -0.15) is 5.26 Å². The fourth-order valence-electron chi connectivity index (χ4n) is 1.09. The normalized spacial score (nSPS) is 10.1. The molecule has 14 heavy (non-hydrogen) atoms. The van der Waals surface area contributed by atoms with Gasteiger partial charge in [-0.3, -0.25) is 0 Å². The summed E-state index contributed by atoms with van der Waals surface area (Å²) in [6, 6.07) is 9.52. The first-order valence-electron chi connectivity index (χ1n) is 4.24. The Hall–Kier alpha value is -1.46. The number of hydrogen-bond acceptors (Lipinski definition) is 2. The van der Waals surface area contributed by atoms with Crippen LogP contribution in [0.4, 0.5) is 5.69 Å². The van der Waals surface area contributed by atoms with Crippen molar-refractivity contribution in [2.24, 2.45) is 0 Å². The minimum atomic E-state index is 0.676. The van der Waals surface area contributed by atoms with E-state index in [1.54, 1.807) is 12.1 Å². The van der Waals surface area contributed by atoms with Crippen molar-refractivity contribution >= 4 is 17.3 Å². The van der Waals surface area contributed by atoms with Gasteiger partial charge in [-0.25, -0.2) is 0 Å². The summed E-state index contributed by atoms with van der Waals surface area (Å²) in [7, 11) is 1.97. The number of halogens is 1. The Morgan fingerprint density at radius 1 is 1.43 bits per heavy atom. The second-order valence-electron chi connectivity index (χ2n) is 2.90. The molecule has 0 fully saturated rings. The summed E-state index contributed by atoms with van der Waals surface area (Å²) >= 11 is 5.43. The van der Waals surface area contributed by atoms with E-state index in [9.17, 15) is 0 Å². The Labute approximate surface area is 89.0 Å². The highest BCUT2D eigenvalue weighted by Gasteiger charge is 1.97. The average molecular weight is 207 g/mol. The van der Waals surface area contributed by atoms with Crippen LogP contribution in [0.15, 0.2) is 35.9 Å². The number of nitriles is 1. The third-order valence-corrected chi connectivity index (χ3v) is 2.08. The first kappa shape index (κ1) is 10.6. The molecule has 0 amide bonds. The van der Waals surface area contributed by atoms with E-state index in [0.29, 0.717) is 5.56 Å². The van der Waals surface area contributed by atoms with Gasteiger partial charge in [-0.05, 0) is 24.3 Å². The second kappa shape index (κ2) is 5.31. The van der Waals surface area contributed by atoms with Crippen LogP contribution in [0.25, 0.3) is 0 Å². The summed E-state index contributed by atoms with van der Waals surface area (Å²) in [6.45, 7) is 0.759. The van der Waals surface area contributed by atoms with Gasteiger partial charge >= 0.3 is 0 Å². The van der Waals surface area contributed by atoms with Crippen molar-refractivity contribution in [2.45, 2.75) is 0 Å². The van der Waals surface area contributed by atoms with Crippen molar-refractivity contribution in [3.05, 3.63) is 41.4 Å². The fourth-order valence-corrected chi connectivity index (χ4v) is 1.17. The molecular formula is C11H11ClN2. The van der Waals surface area contributed by atoms with Crippen LogP contribution in [0.1, 0.15) is 5.56 Å².